The van der Waals surface area contributed by atoms with Crippen molar-refractivity contribution < 1.29 is 4.74 Å². The molecule has 2 aromatic carbocycles. The van der Waals surface area contributed by atoms with Crippen molar-refractivity contribution in [2.45, 2.75) is 38.8 Å². The first-order valence-electron chi connectivity index (χ1n) is 7.33. The highest BCUT2D eigenvalue weighted by Gasteiger charge is 2.21. The molecule has 0 radical (unpaired) electrons. The van der Waals surface area contributed by atoms with Gasteiger partial charge in [-0.2, -0.15) is 0 Å². The number of benzene rings is 2. The summed E-state index contributed by atoms with van der Waals surface area (Å²) < 4.78 is 5.67. The maximum absolute atomic E-state index is 5.67. The maximum Gasteiger partial charge on any atom is 0.119 e. The number of hydrogen-bond acceptors (Lipinski definition) is 2. The summed E-state index contributed by atoms with van der Waals surface area (Å²) in [7, 11) is 0. The van der Waals surface area contributed by atoms with Crippen molar-refractivity contribution >= 4 is 5.69 Å². The molecule has 2 nitrogen and oxygen atoms in total. The van der Waals surface area contributed by atoms with Gasteiger partial charge in [-0.1, -0.05) is 24.3 Å². The molecule has 1 aliphatic carbocycles. The Kier molecular flexibility index (Phi) is 3.64. The summed E-state index contributed by atoms with van der Waals surface area (Å²) in [6, 6.07) is 17.4. The molecule has 0 fully saturated rings. The van der Waals surface area contributed by atoms with Crippen molar-refractivity contribution in [1.82, 2.24) is 0 Å². The van der Waals surface area contributed by atoms with E-state index < -0.39 is 0 Å². The van der Waals surface area contributed by atoms with E-state index in [1.54, 1.807) is 0 Å². The first-order chi connectivity index (χ1) is 9.72. The molecule has 1 N–H and O–H groups in total. The first kappa shape index (κ1) is 13.0. The number of aryl methyl sites for hydroxylation is 1. The normalized spacial score (nSPS) is 17.1. The second-order valence-electron chi connectivity index (χ2n) is 5.63. The van der Waals surface area contributed by atoms with Gasteiger partial charge in [-0.3, -0.25) is 0 Å². The number of rotatable bonds is 4. The number of anilines is 1. The molecule has 20 heavy (non-hydrogen) atoms. The topological polar surface area (TPSA) is 21.3 Å². The van der Waals surface area contributed by atoms with Gasteiger partial charge in [0.05, 0.1) is 12.1 Å². The van der Waals surface area contributed by atoms with Crippen LogP contribution in [0.15, 0.2) is 48.5 Å². The van der Waals surface area contributed by atoms with Crippen LogP contribution in [0.1, 0.15) is 37.4 Å². The molecule has 104 valence electrons. The largest absolute Gasteiger partial charge is 0.491 e. The molecule has 2 heteroatoms. The zero-order chi connectivity index (χ0) is 13.9. The molecular formula is C18H21NO. The van der Waals surface area contributed by atoms with E-state index in [0.29, 0.717) is 6.04 Å². The second-order valence-corrected chi connectivity index (χ2v) is 5.63. The van der Waals surface area contributed by atoms with E-state index in [-0.39, 0.29) is 6.10 Å². The predicted octanol–water partition coefficient (Wildman–Crippen LogP) is 4.57. The Morgan fingerprint density at radius 1 is 1.05 bits per heavy atom. The summed E-state index contributed by atoms with van der Waals surface area (Å²) in [5, 5.41) is 3.62. The van der Waals surface area contributed by atoms with Crippen molar-refractivity contribution in [3.8, 4) is 5.75 Å². The third kappa shape index (κ3) is 2.79. The van der Waals surface area contributed by atoms with Crippen molar-refractivity contribution in [3.63, 3.8) is 0 Å². The highest BCUT2D eigenvalue weighted by molar-refractivity contribution is 5.50. The zero-order valence-corrected chi connectivity index (χ0v) is 12.1. The molecule has 1 atom stereocenters. The van der Waals surface area contributed by atoms with Gasteiger partial charge < -0.3 is 10.1 Å². The van der Waals surface area contributed by atoms with Crippen molar-refractivity contribution in [2.75, 3.05) is 5.32 Å². The van der Waals surface area contributed by atoms with Crippen LogP contribution in [-0.2, 0) is 6.42 Å². The summed E-state index contributed by atoms with van der Waals surface area (Å²) in [5.74, 6) is 0.928. The van der Waals surface area contributed by atoms with E-state index in [1.165, 1.54) is 24.0 Å². The molecule has 0 saturated carbocycles. The first-order valence-corrected chi connectivity index (χ1v) is 7.33. The second kappa shape index (κ2) is 5.58. The lowest BCUT2D eigenvalue weighted by atomic mass is 10.1. The number of ether oxygens (including phenoxy) is 1. The van der Waals surface area contributed by atoms with Gasteiger partial charge >= 0.3 is 0 Å². The Morgan fingerprint density at radius 2 is 1.80 bits per heavy atom. The van der Waals surface area contributed by atoms with Crippen LogP contribution in [0.4, 0.5) is 5.69 Å². The van der Waals surface area contributed by atoms with E-state index in [1.807, 2.05) is 26.0 Å². The minimum atomic E-state index is 0.218. The van der Waals surface area contributed by atoms with Crippen molar-refractivity contribution in [3.05, 3.63) is 59.7 Å². The van der Waals surface area contributed by atoms with E-state index in [9.17, 15) is 0 Å². The highest BCUT2D eigenvalue weighted by atomic mass is 16.5. The molecule has 0 heterocycles. The molecule has 0 spiro atoms. The van der Waals surface area contributed by atoms with Crippen molar-refractivity contribution in [1.29, 1.82) is 0 Å². The Hall–Kier alpha value is -1.96. The predicted molar refractivity (Wildman–Crippen MR) is 83.3 cm³/mol. The molecule has 3 rings (SSSR count). The minimum absolute atomic E-state index is 0.218. The smallest absolute Gasteiger partial charge is 0.119 e. The Morgan fingerprint density at radius 3 is 2.55 bits per heavy atom. The number of hydrogen-bond donors (Lipinski definition) is 1. The van der Waals surface area contributed by atoms with Gasteiger partial charge in [0.15, 0.2) is 0 Å². The van der Waals surface area contributed by atoms with Gasteiger partial charge in [-0.25, -0.2) is 0 Å². The lowest BCUT2D eigenvalue weighted by Gasteiger charge is -2.16. The van der Waals surface area contributed by atoms with E-state index >= 15 is 0 Å². The average Bonchev–Trinajstić information content (AvgIpc) is 2.84. The monoisotopic (exact) mass is 267 g/mol. The lowest BCUT2D eigenvalue weighted by molar-refractivity contribution is 0.242. The van der Waals surface area contributed by atoms with Gasteiger partial charge in [0.25, 0.3) is 0 Å². The fourth-order valence-corrected chi connectivity index (χ4v) is 2.81. The van der Waals surface area contributed by atoms with Crippen LogP contribution in [0.25, 0.3) is 0 Å². The zero-order valence-electron chi connectivity index (χ0n) is 12.1. The molecule has 0 saturated heterocycles. The summed E-state index contributed by atoms with van der Waals surface area (Å²) in [4.78, 5) is 0. The van der Waals surface area contributed by atoms with E-state index in [4.69, 9.17) is 4.74 Å². The molecule has 1 aliphatic rings. The van der Waals surface area contributed by atoms with Gasteiger partial charge in [0, 0.05) is 5.69 Å². The van der Waals surface area contributed by atoms with E-state index in [0.717, 1.165) is 11.4 Å². The van der Waals surface area contributed by atoms with Gasteiger partial charge in [-0.15, -0.1) is 0 Å². The minimum Gasteiger partial charge on any atom is -0.491 e. The standard InChI is InChI=1S/C18H21NO/c1-13(2)20-16-10-8-15(9-11-16)19-18-12-7-14-5-3-4-6-17(14)18/h3-6,8-11,13,18-19H,7,12H2,1-2H3. The maximum atomic E-state index is 5.67. The van der Waals surface area contributed by atoms with Gasteiger partial charge in [-0.05, 0) is 62.1 Å². The van der Waals surface area contributed by atoms with Crippen LogP contribution in [0, 0.1) is 0 Å². The van der Waals surface area contributed by atoms with Gasteiger partial charge in [0.1, 0.15) is 5.75 Å². The van der Waals surface area contributed by atoms with Crippen molar-refractivity contribution in [2.24, 2.45) is 0 Å². The Balaban J connectivity index is 1.70. The van der Waals surface area contributed by atoms with Crippen LogP contribution in [0.3, 0.4) is 0 Å². The highest BCUT2D eigenvalue weighted by Crippen LogP contribution is 2.33. The van der Waals surface area contributed by atoms with Crippen LogP contribution in [-0.4, -0.2) is 6.10 Å². The van der Waals surface area contributed by atoms with Gasteiger partial charge in [0.2, 0.25) is 0 Å². The summed E-state index contributed by atoms with van der Waals surface area (Å²) in [6.45, 7) is 4.09. The van der Waals surface area contributed by atoms with Crippen LogP contribution in [0.5, 0.6) is 5.75 Å². The Bertz CT molecular complexity index is 574. The third-order valence-corrected chi connectivity index (χ3v) is 3.70. The molecule has 2 aromatic rings. The third-order valence-electron chi connectivity index (χ3n) is 3.70. The van der Waals surface area contributed by atoms with E-state index in [2.05, 4.69) is 41.7 Å². The quantitative estimate of drug-likeness (QED) is 0.876. The van der Waals surface area contributed by atoms with Crippen LogP contribution in [0.2, 0.25) is 0 Å². The average molecular weight is 267 g/mol. The summed E-state index contributed by atoms with van der Waals surface area (Å²) >= 11 is 0. The SMILES string of the molecule is CC(C)Oc1ccc(NC2CCc3ccccc32)cc1. The number of nitrogens with one attached hydrogen (secondary N) is 1. The fraction of sp³-hybridized carbons (Fsp3) is 0.333. The number of fused-ring (bicyclic) bond motifs is 1. The molecular weight excluding hydrogens is 246 g/mol. The molecule has 0 aliphatic heterocycles. The molecule has 1 unspecified atom stereocenters. The van der Waals surface area contributed by atoms with Crippen LogP contribution >= 0.6 is 0 Å². The summed E-state index contributed by atoms with van der Waals surface area (Å²) in [6.07, 6.45) is 2.56. The molecule has 0 bridgehead atoms. The lowest BCUT2D eigenvalue weighted by Crippen LogP contribution is -2.08. The summed E-state index contributed by atoms with van der Waals surface area (Å²) in [5.41, 5.74) is 4.07. The molecule has 0 aromatic heterocycles. The van der Waals surface area contributed by atoms with Crippen LogP contribution < -0.4 is 10.1 Å². The fourth-order valence-electron chi connectivity index (χ4n) is 2.81. The molecule has 0 amide bonds. The Labute approximate surface area is 120 Å².